The summed E-state index contributed by atoms with van der Waals surface area (Å²) in [7, 11) is 10.3. The summed E-state index contributed by atoms with van der Waals surface area (Å²) >= 11 is -1.85. The molecule has 0 saturated heterocycles. The molecule has 0 aromatic heterocycles. The molecule has 3 heteroatoms. The Bertz CT molecular complexity index is 1670. The van der Waals surface area contributed by atoms with E-state index < -0.39 is 18.9 Å². The Morgan fingerprint density at radius 1 is 0.667 bits per heavy atom. The van der Waals surface area contributed by atoms with E-state index in [2.05, 4.69) is 147 Å². The molecule has 39 heavy (non-hydrogen) atoms. The summed E-state index contributed by atoms with van der Waals surface area (Å²) in [4.78, 5) is 0. The third-order valence-corrected chi connectivity index (χ3v) is 6.86. The number of hydrogen-bond acceptors (Lipinski definition) is 0. The average Bonchev–Trinajstić information content (AvgIpc) is 3.54. The van der Waals surface area contributed by atoms with Gasteiger partial charge in [0.15, 0.2) is 0 Å². The van der Waals surface area contributed by atoms with Crippen molar-refractivity contribution in [2.24, 2.45) is 0 Å². The second-order valence-corrected chi connectivity index (χ2v) is 18.3. The van der Waals surface area contributed by atoms with Gasteiger partial charge in [-0.05, 0) is 17.0 Å². The van der Waals surface area contributed by atoms with Gasteiger partial charge in [0.2, 0.25) is 0 Å². The molecular weight excluding hydrogens is 595 g/mol. The minimum atomic E-state index is -1.85. The van der Waals surface area contributed by atoms with E-state index in [0.717, 1.165) is 0 Å². The molecule has 0 aliphatic heterocycles. The van der Waals surface area contributed by atoms with Crippen molar-refractivity contribution in [3.8, 4) is 22.3 Å². The van der Waals surface area contributed by atoms with Crippen LogP contribution in [0.5, 0.6) is 0 Å². The van der Waals surface area contributed by atoms with E-state index in [1.807, 2.05) is 0 Å². The number of benzene rings is 4. The number of hydrogen-bond donors (Lipinski definition) is 0. The topological polar surface area (TPSA) is 0 Å². The third-order valence-electron chi connectivity index (χ3n) is 6.86. The van der Waals surface area contributed by atoms with Crippen molar-refractivity contribution in [3.05, 3.63) is 132 Å². The van der Waals surface area contributed by atoms with E-state index in [9.17, 15) is 0 Å². The molecule has 0 atom stereocenters. The first-order chi connectivity index (χ1) is 18.7. The Labute approximate surface area is 247 Å². The zero-order valence-electron chi connectivity index (χ0n) is 23.0. The van der Waals surface area contributed by atoms with Gasteiger partial charge in [0.25, 0.3) is 0 Å². The van der Waals surface area contributed by atoms with Gasteiger partial charge in [-0.3, -0.25) is 0 Å². The van der Waals surface area contributed by atoms with Crippen molar-refractivity contribution in [2.75, 3.05) is 0 Å². The van der Waals surface area contributed by atoms with Crippen LogP contribution in [0.3, 0.4) is 0 Å². The molecule has 0 fully saturated rings. The molecule has 0 N–H and O–H groups in total. The van der Waals surface area contributed by atoms with Gasteiger partial charge in [-0.1, -0.05) is 112 Å². The van der Waals surface area contributed by atoms with Crippen molar-refractivity contribution in [2.45, 2.75) is 33.6 Å². The van der Waals surface area contributed by atoms with E-state index in [1.165, 1.54) is 60.5 Å². The van der Waals surface area contributed by atoms with Crippen LogP contribution >= 0.6 is 17.0 Å². The molecule has 198 valence electrons. The molecule has 0 aliphatic carbocycles. The van der Waals surface area contributed by atoms with Crippen LogP contribution in [0.25, 0.3) is 43.8 Å². The van der Waals surface area contributed by atoms with Crippen molar-refractivity contribution in [3.63, 3.8) is 0 Å². The van der Waals surface area contributed by atoms with E-state index in [4.69, 9.17) is 17.0 Å². The first kappa shape index (κ1) is 29.4. The molecule has 6 aromatic carbocycles. The van der Waals surface area contributed by atoms with Gasteiger partial charge in [-0.2, -0.15) is 12.1 Å². The van der Waals surface area contributed by atoms with Crippen molar-refractivity contribution < 1.29 is 18.9 Å². The quantitative estimate of drug-likeness (QED) is 0.171. The van der Waals surface area contributed by atoms with Gasteiger partial charge in [-0.25, -0.2) is 0 Å². The monoisotopic (exact) mass is 626 g/mol. The number of aryl methyl sites for hydroxylation is 2. The van der Waals surface area contributed by atoms with Crippen LogP contribution in [-0.4, -0.2) is 4.21 Å². The number of fused-ring (bicyclic) bond motifs is 2. The number of rotatable bonds is 3. The fourth-order valence-corrected chi connectivity index (χ4v) is 4.92. The number of halogens is 2. The van der Waals surface area contributed by atoms with Gasteiger partial charge < -0.3 is 0 Å². The van der Waals surface area contributed by atoms with Crippen molar-refractivity contribution in [1.29, 1.82) is 0 Å². The van der Waals surface area contributed by atoms with Crippen LogP contribution in [0.4, 0.5) is 0 Å². The Hall–Kier alpha value is -2.57. The van der Waals surface area contributed by atoms with Crippen LogP contribution in [0, 0.1) is 13.8 Å². The Morgan fingerprint density at radius 2 is 1.23 bits per heavy atom. The Kier molecular flexibility index (Phi) is 10.3. The summed E-state index contributed by atoms with van der Waals surface area (Å²) in [5, 5.41) is 5.46. The summed E-state index contributed by atoms with van der Waals surface area (Å²) in [6, 6.07) is 41.4. The van der Waals surface area contributed by atoms with Crippen molar-refractivity contribution in [1.82, 2.24) is 0 Å². The first-order valence-electron chi connectivity index (χ1n) is 13.2. The minimum absolute atomic E-state index is 0.584. The summed E-state index contributed by atoms with van der Waals surface area (Å²) in [6.45, 7) is 8.83. The normalized spacial score (nSPS) is 10.6. The van der Waals surface area contributed by atoms with Gasteiger partial charge >= 0.3 is 40.1 Å². The molecule has 0 aliphatic rings. The predicted molar refractivity (Wildman–Crippen MR) is 172 cm³/mol. The van der Waals surface area contributed by atoms with E-state index in [1.54, 1.807) is 0 Å². The maximum atomic E-state index is 5.13. The predicted octanol–water partition coefficient (Wildman–Crippen LogP) is 11.5. The summed E-state index contributed by atoms with van der Waals surface area (Å²) in [5.74, 6) is 0.584. The van der Waals surface area contributed by atoms with Crippen molar-refractivity contribution >= 4 is 42.8 Å². The molecule has 0 amide bonds. The van der Waals surface area contributed by atoms with Crippen LogP contribution in [-0.2, 0) is 18.9 Å². The van der Waals surface area contributed by atoms with Crippen LogP contribution in [0.15, 0.2) is 115 Å². The molecule has 6 rings (SSSR count). The molecule has 0 radical (unpaired) electrons. The second-order valence-electron chi connectivity index (χ2n) is 10.1. The average molecular weight is 629 g/mol. The zero-order chi connectivity index (χ0) is 27.9. The molecule has 0 nitrogen and oxygen atoms in total. The fraction of sp³-hybridized carbons (Fsp3) is 0.139. The van der Waals surface area contributed by atoms with Crippen LogP contribution in [0.1, 0.15) is 36.5 Å². The van der Waals surface area contributed by atoms with Gasteiger partial charge in [-0.15, -0.1) is 68.6 Å². The maximum absolute atomic E-state index is 5.13. The summed E-state index contributed by atoms with van der Waals surface area (Å²) < 4.78 is 3.37. The molecule has 0 bridgehead atoms. The van der Waals surface area contributed by atoms with E-state index >= 15 is 0 Å². The molecule has 0 saturated carbocycles. The summed E-state index contributed by atoms with van der Waals surface area (Å²) in [5.41, 5.74) is 9.37. The molecule has 0 spiro atoms. The van der Waals surface area contributed by atoms with Gasteiger partial charge in [0.05, 0.1) is 0 Å². The SMILES string of the molecule is CC(C)c1cc2c(-c3ccccc3)cccc2[cH-]1.Cc1cc2c(-c3ccccc3)ccc(C)c2[cH-]1.[CH2]=[Zr]([Cl])[Cl]. The van der Waals surface area contributed by atoms with Crippen LogP contribution in [0.2, 0.25) is 0 Å². The fourth-order valence-electron chi connectivity index (χ4n) is 4.92. The molecule has 0 unspecified atom stereocenters. The van der Waals surface area contributed by atoms with Gasteiger partial charge in [0, 0.05) is 0 Å². The second kappa shape index (κ2) is 13.7. The van der Waals surface area contributed by atoms with Gasteiger partial charge in [0.1, 0.15) is 0 Å². The summed E-state index contributed by atoms with van der Waals surface area (Å²) in [6.07, 6.45) is 0. The Balaban J connectivity index is 0.000000160. The van der Waals surface area contributed by atoms with Crippen LogP contribution < -0.4 is 0 Å². The standard InChI is InChI=1S/C18H17.C17H15.CH2.2ClH.Zr/c1-13(2)16-11-15-9-6-10-17(18(15)12-16)14-7-4-3-5-8-14;1-12-10-16-13(2)8-9-15(17(16)11-12)14-6-4-3-5-7-14;;;;/h3-13H,1-2H3;3-11H,1-2H3;1H2;2*1H;/q2*-1;;;;+2/p-2. The van der Waals surface area contributed by atoms with E-state index in [0.29, 0.717) is 5.92 Å². The van der Waals surface area contributed by atoms with E-state index in [-0.39, 0.29) is 0 Å². The molecule has 6 aromatic rings. The Morgan fingerprint density at radius 3 is 1.79 bits per heavy atom. The zero-order valence-corrected chi connectivity index (χ0v) is 27.0. The molecular formula is C36H34Cl2Zr-2. The first-order valence-corrected chi connectivity index (χ1v) is 21.3. The molecule has 0 heterocycles. The third kappa shape index (κ3) is 7.55.